The molecule has 120 valence electrons. The number of nitrogens with two attached hydrogens (primary N) is 1. The van der Waals surface area contributed by atoms with E-state index in [1.165, 1.54) is 57.8 Å². The van der Waals surface area contributed by atoms with Gasteiger partial charge in [0.2, 0.25) is 0 Å². The summed E-state index contributed by atoms with van der Waals surface area (Å²) in [5.74, 6) is 0.0671. The lowest BCUT2D eigenvalue weighted by atomic mass is 10.0. The van der Waals surface area contributed by atoms with Crippen LogP contribution in [0.1, 0.15) is 90.9 Å². The molecule has 0 rings (SSSR count). The average molecular weight is 285 g/mol. The number of unbranched alkanes of at least 4 members (excludes halogenated alkanes) is 8. The van der Waals surface area contributed by atoms with Crippen molar-refractivity contribution in [2.24, 2.45) is 11.7 Å². The maximum Gasteiger partial charge on any atom is 0.304 e. The van der Waals surface area contributed by atoms with Crippen LogP contribution in [0.15, 0.2) is 0 Å². The first kappa shape index (κ1) is 19.4. The summed E-state index contributed by atoms with van der Waals surface area (Å²) in [7, 11) is 0. The van der Waals surface area contributed by atoms with Gasteiger partial charge in [0, 0.05) is 6.04 Å². The molecule has 0 saturated carbocycles. The molecular formula is C17H35NO2. The van der Waals surface area contributed by atoms with Crippen molar-refractivity contribution in [2.45, 2.75) is 96.9 Å². The lowest BCUT2D eigenvalue weighted by molar-refractivity contribution is -0.137. The normalized spacial score (nSPS) is 12.8. The van der Waals surface area contributed by atoms with Crippen molar-refractivity contribution < 1.29 is 9.90 Å². The second-order valence-electron chi connectivity index (χ2n) is 6.51. The lowest BCUT2D eigenvalue weighted by Crippen LogP contribution is -2.23. The van der Waals surface area contributed by atoms with E-state index in [0.717, 1.165) is 18.8 Å². The number of carbonyl (C=O) groups is 1. The molecule has 0 fully saturated rings. The highest BCUT2D eigenvalue weighted by Gasteiger charge is 2.06. The van der Waals surface area contributed by atoms with E-state index in [-0.39, 0.29) is 12.5 Å². The third-order valence-corrected chi connectivity index (χ3v) is 3.79. The molecular weight excluding hydrogens is 250 g/mol. The van der Waals surface area contributed by atoms with Gasteiger partial charge in [-0.25, -0.2) is 0 Å². The fourth-order valence-electron chi connectivity index (χ4n) is 2.52. The van der Waals surface area contributed by atoms with Crippen molar-refractivity contribution in [3.05, 3.63) is 0 Å². The molecule has 0 saturated heterocycles. The average Bonchev–Trinajstić information content (AvgIpc) is 2.34. The summed E-state index contributed by atoms with van der Waals surface area (Å²) in [5, 5.41) is 8.60. The van der Waals surface area contributed by atoms with Crippen LogP contribution >= 0.6 is 0 Å². The van der Waals surface area contributed by atoms with Crippen molar-refractivity contribution in [3.63, 3.8) is 0 Å². The fraction of sp³-hybridized carbons (Fsp3) is 0.941. The maximum absolute atomic E-state index is 10.4. The molecule has 0 aliphatic rings. The summed E-state index contributed by atoms with van der Waals surface area (Å²) in [6, 6.07) is -0.159. The van der Waals surface area contributed by atoms with Crippen molar-refractivity contribution >= 4 is 5.97 Å². The summed E-state index contributed by atoms with van der Waals surface area (Å²) >= 11 is 0. The highest BCUT2D eigenvalue weighted by molar-refractivity contribution is 5.67. The minimum atomic E-state index is -0.782. The van der Waals surface area contributed by atoms with Gasteiger partial charge in [-0.2, -0.15) is 0 Å². The van der Waals surface area contributed by atoms with E-state index in [0.29, 0.717) is 0 Å². The van der Waals surface area contributed by atoms with Crippen LogP contribution in [-0.2, 0) is 4.79 Å². The van der Waals surface area contributed by atoms with Crippen LogP contribution in [0.5, 0.6) is 0 Å². The Morgan fingerprint density at radius 1 is 0.850 bits per heavy atom. The van der Waals surface area contributed by atoms with Crippen molar-refractivity contribution in [2.75, 3.05) is 0 Å². The molecule has 3 heteroatoms. The zero-order chi connectivity index (χ0) is 15.2. The quantitative estimate of drug-likeness (QED) is 0.453. The van der Waals surface area contributed by atoms with Crippen molar-refractivity contribution in [1.29, 1.82) is 0 Å². The second-order valence-corrected chi connectivity index (χ2v) is 6.51. The molecule has 0 aromatic heterocycles. The van der Waals surface area contributed by atoms with Crippen LogP contribution in [0.25, 0.3) is 0 Å². The first-order valence-electron chi connectivity index (χ1n) is 8.49. The Labute approximate surface area is 125 Å². The van der Waals surface area contributed by atoms with Crippen molar-refractivity contribution in [1.82, 2.24) is 0 Å². The number of carboxylic acid groups (broad SMARTS) is 1. The first-order valence-corrected chi connectivity index (χ1v) is 8.49. The molecule has 0 heterocycles. The van der Waals surface area contributed by atoms with Crippen LogP contribution in [0.3, 0.4) is 0 Å². The molecule has 0 spiro atoms. The summed E-state index contributed by atoms with van der Waals surface area (Å²) in [5.41, 5.74) is 5.72. The number of aliphatic carboxylic acids is 1. The van der Waals surface area contributed by atoms with Gasteiger partial charge in [0.25, 0.3) is 0 Å². The highest BCUT2D eigenvalue weighted by atomic mass is 16.4. The van der Waals surface area contributed by atoms with Gasteiger partial charge in [0.05, 0.1) is 6.42 Å². The van der Waals surface area contributed by atoms with E-state index in [9.17, 15) is 4.79 Å². The summed E-state index contributed by atoms with van der Waals surface area (Å²) in [6.45, 7) is 4.59. The summed E-state index contributed by atoms with van der Waals surface area (Å²) in [6.07, 6.45) is 14.1. The minimum Gasteiger partial charge on any atom is -0.481 e. The Hall–Kier alpha value is -0.570. The Bertz CT molecular complexity index is 229. The third-order valence-electron chi connectivity index (χ3n) is 3.79. The molecule has 0 aromatic rings. The van der Waals surface area contributed by atoms with Crippen LogP contribution < -0.4 is 5.73 Å². The monoisotopic (exact) mass is 285 g/mol. The molecule has 3 nitrogen and oxygen atoms in total. The summed E-state index contributed by atoms with van der Waals surface area (Å²) < 4.78 is 0. The van der Waals surface area contributed by atoms with Crippen LogP contribution in [0.2, 0.25) is 0 Å². The van der Waals surface area contributed by atoms with Crippen molar-refractivity contribution in [3.8, 4) is 0 Å². The van der Waals surface area contributed by atoms with Crippen LogP contribution in [-0.4, -0.2) is 17.1 Å². The largest absolute Gasteiger partial charge is 0.481 e. The molecule has 0 aliphatic carbocycles. The van der Waals surface area contributed by atoms with E-state index in [2.05, 4.69) is 13.8 Å². The topological polar surface area (TPSA) is 63.3 Å². The van der Waals surface area contributed by atoms with Gasteiger partial charge in [0.15, 0.2) is 0 Å². The SMILES string of the molecule is CC(C)CCCCCCCCCCCC(N)CC(=O)O. The van der Waals surface area contributed by atoms with Gasteiger partial charge in [-0.3, -0.25) is 4.79 Å². The van der Waals surface area contributed by atoms with E-state index in [1.54, 1.807) is 0 Å². The van der Waals surface area contributed by atoms with Gasteiger partial charge in [-0.05, 0) is 12.3 Å². The van der Waals surface area contributed by atoms with Gasteiger partial charge >= 0.3 is 5.97 Å². The molecule has 0 amide bonds. The third kappa shape index (κ3) is 15.5. The van der Waals surface area contributed by atoms with Gasteiger partial charge in [-0.1, -0.05) is 78.1 Å². The first-order chi connectivity index (χ1) is 9.52. The van der Waals surface area contributed by atoms with Crippen LogP contribution in [0, 0.1) is 5.92 Å². The maximum atomic E-state index is 10.4. The highest BCUT2D eigenvalue weighted by Crippen LogP contribution is 2.13. The zero-order valence-corrected chi connectivity index (χ0v) is 13.6. The minimum absolute atomic E-state index is 0.108. The predicted octanol–water partition coefficient (Wildman–Crippen LogP) is 4.74. The van der Waals surface area contributed by atoms with Gasteiger partial charge in [-0.15, -0.1) is 0 Å². The molecule has 1 unspecified atom stereocenters. The molecule has 20 heavy (non-hydrogen) atoms. The second kappa shape index (κ2) is 13.4. The van der Waals surface area contributed by atoms with E-state index in [1.807, 2.05) is 0 Å². The number of hydrogen-bond acceptors (Lipinski definition) is 2. The molecule has 1 atom stereocenters. The van der Waals surface area contributed by atoms with Crippen LogP contribution in [0.4, 0.5) is 0 Å². The number of carboxylic acids is 1. The Balaban J connectivity index is 3.11. The summed E-state index contributed by atoms with van der Waals surface area (Å²) in [4.78, 5) is 10.4. The molecule has 3 N–H and O–H groups in total. The Morgan fingerprint density at radius 3 is 1.65 bits per heavy atom. The zero-order valence-electron chi connectivity index (χ0n) is 13.6. The van der Waals surface area contributed by atoms with E-state index in [4.69, 9.17) is 10.8 Å². The Morgan fingerprint density at radius 2 is 1.25 bits per heavy atom. The number of rotatable bonds is 14. The smallest absolute Gasteiger partial charge is 0.304 e. The standard InChI is InChI=1S/C17H35NO2/c1-15(2)12-10-8-6-4-3-5-7-9-11-13-16(18)14-17(19)20/h15-16H,3-14,18H2,1-2H3,(H,19,20). The Kier molecular flexibility index (Phi) is 13.0. The fourth-order valence-corrected chi connectivity index (χ4v) is 2.52. The van der Waals surface area contributed by atoms with Gasteiger partial charge in [0.1, 0.15) is 0 Å². The molecule has 0 aliphatic heterocycles. The number of hydrogen-bond donors (Lipinski definition) is 2. The lowest BCUT2D eigenvalue weighted by Gasteiger charge is -2.08. The molecule has 0 aromatic carbocycles. The molecule has 0 radical (unpaired) electrons. The van der Waals surface area contributed by atoms with E-state index >= 15 is 0 Å². The molecule has 0 bridgehead atoms. The predicted molar refractivity (Wildman–Crippen MR) is 85.9 cm³/mol. The van der Waals surface area contributed by atoms with Gasteiger partial charge < -0.3 is 10.8 Å². The van der Waals surface area contributed by atoms with E-state index < -0.39 is 5.97 Å².